The summed E-state index contributed by atoms with van der Waals surface area (Å²) >= 11 is 0. The van der Waals surface area contributed by atoms with Gasteiger partial charge in [0.2, 0.25) is 0 Å². The van der Waals surface area contributed by atoms with E-state index in [4.69, 9.17) is 0 Å². The molecular weight excluding hydrogens is 272 g/mol. The van der Waals surface area contributed by atoms with Crippen LogP contribution in [0, 0.1) is 17.0 Å². The summed E-state index contributed by atoms with van der Waals surface area (Å²) in [5.41, 5.74) is 1.92. The highest BCUT2D eigenvalue weighted by atomic mass is 16.6. The SMILES string of the molecule is Cc1cc(C=O)c(O)c(C=Nc2ccc([N+](=O)[O-])cc2)c1. The molecule has 0 saturated carbocycles. The minimum absolute atomic E-state index is 0.0180. The van der Waals surface area contributed by atoms with Crippen LogP contribution in [0.4, 0.5) is 11.4 Å². The van der Waals surface area contributed by atoms with Gasteiger partial charge in [-0.05, 0) is 36.8 Å². The van der Waals surface area contributed by atoms with Crippen LogP contribution in [0.2, 0.25) is 0 Å². The van der Waals surface area contributed by atoms with E-state index in [2.05, 4.69) is 4.99 Å². The summed E-state index contributed by atoms with van der Waals surface area (Å²) in [5.74, 6) is -0.138. The molecule has 6 nitrogen and oxygen atoms in total. The number of nitro benzene ring substituents is 1. The molecule has 2 aromatic carbocycles. The number of hydrogen-bond acceptors (Lipinski definition) is 5. The maximum Gasteiger partial charge on any atom is 0.269 e. The number of aromatic hydroxyl groups is 1. The lowest BCUT2D eigenvalue weighted by Gasteiger charge is -2.03. The molecule has 1 N–H and O–H groups in total. The number of aldehydes is 1. The molecule has 0 aliphatic heterocycles. The molecule has 0 saturated heterocycles. The van der Waals surface area contributed by atoms with E-state index in [9.17, 15) is 20.0 Å². The monoisotopic (exact) mass is 284 g/mol. The zero-order valence-electron chi connectivity index (χ0n) is 11.2. The Bertz CT molecular complexity index is 721. The molecule has 0 spiro atoms. The number of phenolic OH excluding ortho intramolecular Hbond substituents is 1. The van der Waals surface area contributed by atoms with Crippen LogP contribution in [0.1, 0.15) is 21.5 Å². The van der Waals surface area contributed by atoms with Crippen LogP contribution in [-0.2, 0) is 0 Å². The molecule has 21 heavy (non-hydrogen) atoms. The number of aryl methyl sites for hydroxylation is 1. The van der Waals surface area contributed by atoms with Gasteiger partial charge in [0.25, 0.3) is 5.69 Å². The summed E-state index contributed by atoms with van der Waals surface area (Å²) in [4.78, 5) is 25.0. The van der Waals surface area contributed by atoms with E-state index in [0.29, 0.717) is 17.5 Å². The van der Waals surface area contributed by atoms with Crippen molar-refractivity contribution in [3.63, 3.8) is 0 Å². The number of carbonyl (C=O) groups excluding carboxylic acids is 1. The molecule has 2 rings (SSSR count). The Kier molecular flexibility index (Phi) is 4.08. The number of rotatable bonds is 4. The standard InChI is InChI=1S/C15H12N2O4/c1-10-6-11(15(19)12(7-10)9-18)8-16-13-2-4-14(5-3-13)17(20)21/h2-9,19H,1H3. The van der Waals surface area contributed by atoms with Gasteiger partial charge < -0.3 is 5.11 Å². The number of nitro groups is 1. The Morgan fingerprint density at radius 2 is 1.81 bits per heavy atom. The lowest BCUT2D eigenvalue weighted by atomic mass is 10.1. The van der Waals surface area contributed by atoms with E-state index in [1.807, 2.05) is 0 Å². The van der Waals surface area contributed by atoms with Crippen molar-refractivity contribution in [2.45, 2.75) is 6.92 Å². The molecule has 0 bridgehead atoms. The summed E-state index contributed by atoms with van der Waals surface area (Å²) in [6.07, 6.45) is 1.99. The second kappa shape index (κ2) is 5.96. The van der Waals surface area contributed by atoms with Gasteiger partial charge in [-0.2, -0.15) is 0 Å². The zero-order chi connectivity index (χ0) is 15.4. The summed E-state index contributed by atoms with van der Waals surface area (Å²) in [5, 5.41) is 20.4. The predicted octanol–water partition coefficient (Wildman–Crippen LogP) is 3.17. The summed E-state index contributed by atoms with van der Waals surface area (Å²) < 4.78 is 0. The van der Waals surface area contributed by atoms with Gasteiger partial charge in [0.15, 0.2) is 6.29 Å². The van der Waals surface area contributed by atoms with Crippen LogP contribution in [0.3, 0.4) is 0 Å². The molecule has 0 amide bonds. The van der Waals surface area contributed by atoms with E-state index in [1.54, 1.807) is 19.1 Å². The first-order valence-corrected chi connectivity index (χ1v) is 6.08. The Labute approximate surface area is 120 Å². The Balaban J connectivity index is 2.31. The number of benzene rings is 2. The van der Waals surface area contributed by atoms with E-state index >= 15 is 0 Å². The maximum absolute atomic E-state index is 10.8. The quantitative estimate of drug-likeness (QED) is 0.404. The molecule has 0 atom stereocenters. The van der Waals surface area contributed by atoms with Gasteiger partial charge >= 0.3 is 0 Å². The smallest absolute Gasteiger partial charge is 0.269 e. The van der Waals surface area contributed by atoms with Crippen molar-refractivity contribution in [3.8, 4) is 5.75 Å². The van der Waals surface area contributed by atoms with Crippen molar-refractivity contribution >= 4 is 23.9 Å². The molecule has 106 valence electrons. The van der Waals surface area contributed by atoms with E-state index in [0.717, 1.165) is 5.56 Å². The summed E-state index contributed by atoms with van der Waals surface area (Å²) in [7, 11) is 0. The molecule has 6 heteroatoms. The van der Waals surface area contributed by atoms with Gasteiger partial charge in [0.05, 0.1) is 16.2 Å². The number of nitrogens with zero attached hydrogens (tertiary/aromatic N) is 2. The topological polar surface area (TPSA) is 92.8 Å². The Morgan fingerprint density at radius 1 is 1.19 bits per heavy atom. The first kappa shape index (κ1) is 14.4. The highest BCUT2D eigenvalue weighted by molar-refractivity contribution is 5.91. The van der Waals surface area contributed by atoms with E-state index < -0.39 is 4.92 Å². The van der Waals surface area contributed by atoms with Crippen molar-refractivity contribution in [1.29, 1.82) is 0 Å². The van der Waals surface area contributed by atoms with E-state index in [-0.39, 0.29) is 17.0 Å². The van der Waals surface area contributed by atoms with Crippen LogP contribution >= 0.6 is 0 Å². The molecule has 0 aliphatic rings. The minimum atomic E-state index is -0.490. The fourth-order valence-electron chi connectivity index (χ4n) is 1.83. The van der Waals surface area contributed by atoms with Crippen molar-refractivity contribution < 1.29 is 14.8 Å². The van der Waals surface area contributed by atoms with Crippen LogP contribution in [0.15, 0.2) is 41.4 Å². The molecule has 0 aromatic heterocycles. The second-order valence-electron chi connectivity index (χ2n) is 4.44. The zero-order valence-corrected chi connectivity index (χ0v) is 11.2. The fraction of sp³-hybridized carbons (Fsp3) is 0.0667. The highest BCUT2D eigenvalue weighted by Gasteiger charge is 2.07. The number of aliphatic imine (C=N–C) groups is 1. The van der Waals surface area contributed by atoms with Crippen LogP contribution in [0.5, 0.6) is 5.75 Å². The maximum atomic E-state index is 10.8. The van der Waals surface area contributed by atoms with Gasteiger partial charge in [-0.15, -0.1) is 0 Å². The minimum Gasteiger partial charge on any atom is -0.507 e. The lowest BCUT2D eigenvalue weighted by Crippen LogP contribution is -1.91. The van der Waals surface area contributed by atoms with Crippen molar-refractivity contribution in [2.75, 3.05) is 0 Å². The molecular formula is C15H12N2O4. The highest BCUT2D eigenvalue weighted by Crippen LogP contribution is 2.23. The lowest BCUT2D eigenvalue weighted by molar-refractivity contribution is -0.384. The number of carbonyl (C=O) groups is 1. The molecule has 0 radical (unpaired) electrons. The largest absolute Gasteiger partial charge is 0.507 e. The number of hydrogen-bond donors (Lipinski definition) is 1. The number of phenols is 1. The third-order valence-electron chi connectivity index (χ3n) is 2.85. The third kappa shape index (κ3) is 3.30. The average Bonchev–Trinajstić information content (AvgIpc) is 2.48. The van der Waals surface area contributed by atoms with Crippen molar-refractivity contribution in [2.24, 2.45) is 4.99 Å². The van der Waals surface area contributed by atoms with Gasteiger partial charge in [-0.3, -0.25) is 19.9 Å². The normalized spacial score (nSPS) is 10.7. The first-order valence-electron chi connectivity index (χ1n) is 6.08. The molecule has 0 heterocycles. The average molecular weight is 284 g/mol. The van der Waals surface area contributed by atoms with Gasteiger partial charge in [-0.1, -0.05) is 0 Å². The molecule has 0 aliphatic carbocycles. The van der Waals surface area contributed by atoms with Crippen LogP contribution in [0.25, 0.3) is 0 Å². The van der Waals surface area contributed by atoms with Crippen LogP contribution < -0.4 is 0 Å². The van der Waals surface area contributed by atoms with Gasteiger partial charge in [-0.25, -0.2) is 0 Å². The van der Waals surface area contributed by atoms with Crippen LogP contribution in [-0.4, -0.2) is 22.5 Å². The first-order chi connectivity index (χ1) is 10.0. The summed E-state index contributed by atoms with van der Waals surface area (Å²) in [6.45, 7) is 1.80. The molecule has 0 fully saturated rings. The van der Waals surface area contributed by atoms with Crippen molar-refractivity contribution in [1.82, 2.24) is 0 Å². The number of non-ortho nitro benzene ring substituents is 1. The van der Waals surface area contributed by atoms with Crippen molar-refractivity contribution in [3.05, 3.63) is 63.2 Å². The molecule has 0 unspecified atom stereocenters. The van der Waals surface area contributed by atoms with E-state index in [1.165, 1.54) is 30.5 Å². The van der Waals surface area contributed by atoms with Gasteiger partial charge in [0, 0.05) is 23.9 Å². The Hall–Kier alpha value is -3.02. The molecule has 2 aromatic rings. The predicted molar refractivity (Wildman–Crippen MR) is 78.6 cm³/mol. The van der Waals surface area contributed by atoms with Gasteiger partial charge in [0.1, 0.15) is 5.75 Å². The third-order valence-corrected chi connectivity index (χ3v) is 2.85. The second-order valence-corrected chi connectivity index (χ2v) is 4.44. The Morgan fingerprint density at radius 3 is 2.38 bits per heavy atom. The summed E-state index contributed by atoms with van der Waals surface area (Å²) in [6, 6.07) is 8.96. The fourth-order valence-corrected chi connectivity index (χ4v) is 1.83.